The second-order valence-corrected chi connectivity index (χ2v) is 8.78. The number of pyridine rings is 2. The van der Waals surface area contributed by atoms with Crippen LogP contribution < -0.4 is 4.90 Å². The standard InChI is InChI=1S/C24H32N6O/c1-27-11-13-28(14-12-27)23-9-3-8-22-26-20(18-30(22)23)17-29(15-16-31)21-7-2-5-19-6-4-10-25-24(19)21/h3-4,6,8-10,18,21,31H,2,5,7,11-17H2,1H3/t21-/m0/s1. The van der Waals surface area contributed by atoms with Crippen molar-refractivity contribution in [1.82, 2.24) is 24.2 Å². The molecule has 0 amide bonds. The lowest BCUT2D eigenvalue weighted by atomic mass is 9.90. The van der Waals surface area contributed by atoms with Gasteiger partial charge < -0.3 is 14.9 Å². The van der Waals surface area contributed by atoms with Crippen LogP contribution in [0.5, 0.6) is 0 Å². The van der Waals surface area contributed by atoms with Gasteiger partial charge in [-0.15, -0.1) is 0 Å². The fourth-order valence-corrected chi connectivity index (χ4v) is 5.04. The monoisotopic (exact) mass is 420 g/mol. The Balaban J connectivity index is 1.42. The Morgan fingerprint density at radius 3 is 2.84 bits per heavy atom. The van der Waals surface area contributed by atoms with E-state index in [2.05, 4.69) is 56.6 Å². The van der Waals surface area contributed by atoms with E-state index in [1.54, 1.807) is 0 Å². The number of aryl methyl sites for hydroxylation is 1. The third-order valence-corrected chi connectivity index (χ3v) is 6.71. The molecule has 0 unspecified atom stereocenters. The van der Waals surface area contributed by atoms with Crippen molar-refractivity contribution in [3.8, 4) is 0 Å². The van der Waals surface area contributed by atoms with Crippen molar-refractivity contribution in [2.24, 2.45) is 0 Å². The molecule has 0 spiro atoms. The Morgan fingerprint density at radius 2 is 2.00 bits per heavy atom. The summed E-state index contributed by atoms with van der Waals surface area (Å²) in [7, 11) is 2.18. The number of nitrogens with zero attached hydrogens (tertiary/aromatic N) is 6. The van der Waals surface area contributed by atoms with Gasteiger partial charge >= 0.3 is 0 Å². The van der Waals surface area contributed by atoms with Crippen LogP contribution in [0.4, 0.5) is 5.82 Å². The quantitative estimate of drug-likeness (QED) is 0.661. The molecule has 1 N–H and O–H groups in total. The molecular weight excluding hydrogens is 388 g/mol. The molecule has 164 valence electrons. The molecule has 3 aromatic heterocycles. The van der Waals surface area contributed by atoms with Crippen LogP contribution in [0.3, 0.4) is 0 Å². The molecule has 2 aliphatic rings. The van der Waals surface area contributed by atoms with E-state index in [-0.39, 0.29) is 12.6 Å². The maximum absolute atomic E-state index is 9.77. The number of likely N-dealkylation sites (N-methyl/N-ethyl adjacent to an activating group) is 1. The van der Waals surface area contributed by atoms with Crippen LogP contribution in [-0.2, 0) is 13.0 Å². The number of aliphatic hydroxyl groups is 1. The Bertz CT molecular complexity index is 1030. The SMILES string of the molecule is CN1CCN(c2cccc3nc(CN(CCO)[C@H]4CCCc5cccnc54)cn23)CC1. The molecule has 7 nitrogen and oxygen atoms in total. The lowest BCUT2D eigenvalue weighted by Crippen LogP contribution is -2.45. The van der Waals surface area contributed by atoms with Gasteiger partial charge in [0.1, 0.15) is 11.5 Å². The summed E-state index contributed by atoms with van der Waals surface area (Å²) >= 11 is 0. The van der Waals surface area contributed by atoms with Gasteiger partial charge in [-0.1, -0.05) is 12.1 Å². The minimum absolute atomic E-state index is 0.137. The van der Waals surface area contributed by atoms with Crippen LogP contribution in [0, 0.1) is 0 Å². The van der Waals surface area contributed by atoms with Crippen LogP contribution in [0.15, 0.2) is 42.7 Å². The molecule has 0 bridgehead atoms. The fraction of sp³-hybridized carbons (Fsp3) is 0.500. The molecule has 0 saturated carbocycles. The summed E-state index contributed by atoms with van der Waals surface area (Å²) in [5.41, 5.74) is 4.54. The van der Waals surface area contributed by atoms with Gasteiger partial charge in [-0.25, -0.2) is 4.98 Å². The zero-order chi connectivity index (χ0) is 21.2. The van der Waals surface area contributed by atoms with E-state index >= 15 is 0 Å². The van der Waals surface area contributed by atoms with Crippen molar-refractivity contribution in [1.29, 1.82) is 0 Å². The summed E-state index contributed by atoms with van der Waals surface area (Å²) in [6.45, 7) is 5.70. The highest BCUT2D eigenvalue weighted by Gasteiger charge is 2.27. The van der Waals surface area contributed by atoms with Gasteiger partial charge in [0.25, 0.3) is 0 Å². The highest BCUT2D eigenvalue weighted by atomic mass is 16.3. The fourth-order valence-electron chi connectivity index (χ4n) is 5.04. The number of piperazine rings is 1. The Kier molecular flexibility index (Phi) is 5.89. The molecule has 7 heteroatoms. The van der Waals surface area contributed by atoms with E-state index < -0.39 is 0 Å². The molecular formula is C24H32N6O. The van der Waals surface area contributed by atoms with E-state index in [1.807, 2.05) is 12.3 Å². The molecule has 3 aromatic rings. The minimum Gasteiger partial charge on any atom is -0.395 e. The molecule has 1 saturated heterocycles. The van der Waals surface area contributed by atoms with Crippen LogP contribution in [-0.4, -0.2) is 75.7 Å². The maximum atomic E-state index is 9.77. The van der Waals surface area contributed by atoms with Gasteiger partial charge in [-0.2, -0.15) is 0 Å². The lowest BCUT2D eigenvalue weighted by molar-refractivity contribution is 0.127. The van der Waals surface area contributed by atoms with Gasteiger partial charge in [0, 0.05) is 51.7 Å². The van der Waals surface area contributed by atoms with E-state index in [0.29, 0.717) is 13.1 Å². The minimum atomic E-state index is 0.137. The molecule has 31 heavy (non-hydrogen) atoms. The van der Waals surface area contributed by atoms with Gasteiger partial charge in [0.2, 0.25) is 0 Å². The largest absolute Gasteiger partial charge is 0.395 e. The number of hydrogen-bond donors (Lipinski definition) is 1. The summed E-state index contributed by atoms with van der Waals surface area (Å²) in [6, 6.07) is 10.8. The normalized spacial score (nSPS) is 19.8. The predicted octanol–water partition coefficient (Wildman–Crippen LogP) is 2.35. The van der Waals surface area contributed by atoms with Crippen LogP contribution in [0.25, 0.3) is 5.65 Å². The van der Waals surface area contributed by atoms with Gasteiger partial charge in [-0.05, 0) is 50.1 Å². The molecule has 4 heterocycles. The number of aliphatic hydroxyl groups excluding tert-OH is 1. The molecule has 1 fully saturated rings. The highest BCUT2D eigenvalue weighted by molar-refractivity contribution is 5.53. The van der Waals surface area contributed by atoms with E-state index in [1.165, 1.54) is 17.1 Å². The summed E-state index contributed by atoms with van der Waals surface area (Å²) in [5.74, 6) is 1.21. The molecule has 1 aliphatic carbocycles. The smallest absolute Gasteiger partial charge is 0.138 e. The molecule has 1 atom stereocenters. The molecule has 1 aliphatic heterocycles. The van der Waals surface area contributed by atoms with E-state index in [9.17, 15) is 5.11 Å². The average Bonchev–Trinajstić information content (AvgIpc) is 3.22. The van der Waals surface area contributed by atoms with Crippen molar-refractivity contribution < 1.29 is 5.11 Å². The Morgan fingerprint density at radius 1 is 1.13 bits per heavy atom. The van der Waals surface area contributed by atoms with Crippen molar-refractivity contribution in [2.75, 3.05) is 51.3 Å². The van der Waals surface area contributed by atoms with Gasteiger partial charge in [0.05, 0.1) is 24.0 Å². The number of hydrogen-bond acceptors (Lipinski definition) is 6. The number of imidazole rings is 1. The van der Waals surface area contributed by atoms with Gasteiger partial charge in [-0.3, -0.25) is 14.3 Å². The number of anilines is 1. The third-order valence-electron chi connectivity index (χ3n) is 6.71. The highest BCUT2D eigenvalue weighted by Crippen LogP contribution is 2.33. The Labute approximate surface area is 183 Å². The summed E-state index contributed by atoms with van der Waals surface area (Å²) in [6.07, 6.45) is 7.39. The van der Waals surface area contributed by atoms with Crippen molar-refractivity contribution >= 4 is 11.5 Å². The third kappa shape index (κ3) is 4.18. The lowest BCUT2D eigenvalue weighted by Gasteiger charge is -2.34. The average molecular weight is 421 g/mol. The second-order valence-electron chi connectivity index (χ2n) is 8.78. The van der Waals surface area contributed by atoms with Crippen LogP contribution >= 0.6 is 0 Å². The molecule has 0 radical (unpaired) electrons. The predicted molar refractivity (Wildman–Crippen MR) is 122 cm³/mol. The van der Waals surface area contributed by atoms with Crippen LogP contribution in [0.2, 0.25) is 0 Å². The van der Waals surface area contributed by atoms with E-state index in [4.69, 9.17) is 9.97 Å². The number of aromatic nitrogens is 3. The molecule has 0 aromatic carbocycles. The van der Waals surface area contributed by atoms with E-state index in [0.717, 1.165) is 56.8 Å². The first-order chi connectivity index (χ1) is 15.2. The Hall–Kier alpha value is -2.48. The zero-order valence-corrected chi connectivity index (χ0v) is 18.3. The number of rotatable bonds is 6. The van der Waals surface area contributed by atoms with Crippen molar-refractivity contribution in [2.45, 2.75) is 31.8 Å². The topological polar surface area (TPSA) is 60.1 Å². The summed E-state index contributed by atoms with van der Waals surface area (Å²) in [5, 5.41) is 9.77. The zero-order valence-electron chi connectivity index (χ0n) is 18.3. The first-order valence-corrected chi connectivity index (χ1v) is 11.4. The van der Waals surface area contributed by atoms with Crippen molar-refractivity contribution in [3.05, 3.63) is 59.7 Å². The first kappa shape index (κ1) is 20.4. The first-order valence-electron chi connectivity index (χ1n) is 11.4. The van der Waals surface area contributed by atoms with Gasteiger partial charge in [0.15, 0.2) is 0 Å². The second kappa shape index (κ2) is 8.94. The maximum Gasteiger partial charge on any atom is 0.138 e. The summed E-state index contributed by atoms with van der Waals surface area (Å²) in [4.78, 5) is 16.8. The van der Waals surface area contributed by atoms with Crippen LogP contribution in [0.1, 0.15) is 35.8 Å². The van der Waals surface area contributed by atoms with Crippen molar-refractivity contribution in [3.63, 3.8) is 0 Å². The number of fused-ring (bicyclic) bond motifs is 2. The summed E-state index contributed by atoms with van der Waals surface area (Å²) < 4.78 is 2.23. The molecule has 5 rings (SSSR count).